The summed E-state index contributed by atoms with van der Waals surface area (Å²) < 4.78 is 45.7. The van der Waals surface area contributed by atoms with Gasteiger partial charge < -0.3 is 19.1 Å². The van der Waals surface area contributed by atoms with Crippen LogP contribution in [0.25, 0.3) is 0 Å². The lowest BCUT2D eigenvalue weighted by atomic mass is 9.97. The summed E-state index contributed by atoms with van der Waals surface area (Å²) >= 11 is 0. The molecule has 0 saturated carbocycles. The van der Waals surface area contributed by atoms with Crippen LogP contribution < -0.4 is 9.46 Å². The highest BCUT2D eigenvalue weighted by Crippen LogP contribution is 2.34. The summed E-state index contributed by atoms with van der Waals surface area (Å²) in [7, 11) is -0.750. The molecular weight excluding hydrogens is 398 g/mol. The molecule has 3 saturated heterocycles. The molecule has 3 aliphatic heterocycles. The third-order valence-corrected chi connectivity index (χ3v) is 7.62. The first-order chi connectivity index (χ1) is 13.8. The molecule has 0 bridgehead atoms. The second-order valence-corrected chi connectivity index (χ2v) is 9.41. The highest BCUT2D eigenvalue weighted by molar-refractivity contribution is 7.87. The maximum atomic E-state index is 13.2. The number of likely N-dealkylation sites (N-methyl/N-ethyl adjacent to an activating group) is 1. The Bertz CT molecular complexity index is 843. The van der Waals surface area contributed by atoms with Gasteiger partial charge in [0.2, 0.25) is 5.91 Å². The van der Waals surface area contributed by atoms with E-state index in [-0.39, 0.29) is 5.91 Å². The number of nitrogens with one attached hydrogen (secondary N) is 1. The van der Waals surface area contributed by atoms with Crippen molar-refractivity contribution in [1.82, 2.24) is 13.9 Å². The Morgan fingerprint density at radius 1 is 1.17 bits per heavy atom. The molecule has 0 aliphatic carbocycles. The number of likely N-dealkylation sites (tertiary alicyclic amines) is 1. The van der Waals surface area contributed by atoms with Gasteiger partial charge in [0.25, 0.3) is 10.2 Å². The van der Waals surface area contributed by atoms with E-state index in [0.29, 0.717) is 51.3 Å². The molecule has 3 aliphatic rings. The van der Waals surface area contributed by atoms with Gasteiger partial charge in [0.1, 0.15) is 11.8 Å². The van der Waals surface area contributed by atoms with Crippen LogP contribution in [0.5, 0.6) is 5.75 Å². The molecule has 10 heteroatoms. The molecule has 1 spiro atoms. The lowest BCUT2D eigenvalue weighted by Gasteiger charge is -2.42. The maximum absolute atomic E-state index is 13.2. The van der Waals surface area contributed by atoms with Crippen LogP contribution in [0.15, 0.2) is 24.3 Å². The van der Waals surface area contributed by atoms with Gasteiger partial charge in [-0.1, -0.05) is 12.1 Å². The van der Waals surface area contributed by atoms with Crippen LogP contribution in [0.3, 0.4) is 0 Å². The molecule has 0 radical (unpaired) electrons. The Morgan fingerprint density at radius 2 is 1.79 bits per heavy atom. The first kappa shape index (κ1) is 20.5. The van der Waals surface area contributed by atoms with Crippen molar-refractivity contribution in [3.63, 3.8) is 0 Å². The molecule has 29 heavy (non-hydrogen) atoms. The quantitative estimate of drug-likeness (QED) is 0.763. The van der Waals surface area contributed by atoms with Gasteiger partial charge in [-0.25, -0.2) is 0 Å². The number of amides is 1. The van der Waals surface area contributed by atoms with Crippen LogP contribution in [0.1, 0.15) is 30.9 Å². The molecule has 1 aromatic carbocycles. The second-order valence-electron chi connectivity index (χ2n) is 7.65. The van der Waals surface area contributed by atoms with E-state index in [2.05, 4.69) is 4.72 Å². The molecule has 160 valence electrons. The molecule has 1 aromatic rings. The molecule has 2 atom stereocenters. The standard InChI is InChI=1S/C19H27N3O6S/c1-21-17(18(23)22-9-7-19(8-10-22)27-11-12-28-19)13-16(20-29(21,24)25)14-3-5-15(26-2)6-4-14/h3-6,16-17,20H,7-13H2,1-2H3. The number of hydrogen-bond acceptors (Lipinski definition) is 6. The zero-order chi connectivity index (χ0) is 20.6. The van der Waals surface area contributed by atoms with Crippen LogP contribution >= 0.6 is 0 Å². The highest BCUT2D eigenvalue weighted by Gasteiger charge is 2.45. The number of methoxy groups -OCH3 is 1. The van der Waals surface area contributed by atoms with E-state index in [0.717, 1.165) is 9.87 Å². The zero-order valence-electron chi connectivity index (χ0n) is 16.7. The van der Waals surface area contributed by atoms with Gasteiger partial charge in [0, 0.05) is 39.0 Å². The summed E-state index contributed by atoms with van der Waals surface area (Å²) in [6.45, 7) is 2.13. The molecule has 1 amide bonds. The normalized spacial score (nSPS) is 29.1. The number of rotatable bonds is 3. The van der Waals surface area contributed by atoms with E-state index >= 15 is 0 Å². The van der Waals surface area contributed by atoms with Gasteiger partial charge in [0.15, 0.2) is 5.79 Å². The van der Waals surface area contributed by atoms with Crippen molar-refractivity contribution < 1.29 is 27.4 Å². The fourth-order valence-corrected chi connectivity index (χ4v) is 5.48. The fourth-order valence-electron chi connectivity index (χ4n) is 4.21. The van der Waals surface area contributed by atoms with Crippen molar-refractivity contribution in [3.8, 4) is 5.75 Å². The van der Waals surface area contributed by atoms with E-state index < -0.39 is 28.1 Å². The summed E-state index contributed by atoms with van der Waals surface area (Å²) in [4.78, 5) is 14.9. The Balaban J connectivity index is 1.49. The number of carbonyl (C=O) groups excluding carboxylic acids is 1. The average Bonchev–Trinajstić information content (AvgIpc) is 3.18. The van der Waals surface area contributed by atoms with E-state index in [9.17, 15) is 13.2 Å². The summed E-state index contributed by atoms with van der Waals surface area (Å²) in [5.41, 5.74) is 0.797. The highest BCUT2D eigenvalue weighted by atomic mass is 32.2. The Kier molecular flexibility index (Phi) is 5.56. The molecule has 3 heterocycles. The Labute approximate surface area is 171 Å². The minimum atomic E-state index is -3.77. The van der Waals surface area contributed by atoms with E-state index in [4.69, 9.17) is 14.2 Å². The van der Waals surface area contributed by atoms with Crippen molar-refractivity contribution in [3.05, 3.63) is 29.8 Å². The number of hydrogen-bond donors (Lipinski definition) is 1. The number of nitrogens with zero attached hydrogens (tertiary/aromatic N) is 2. The minimum Gasteiger partial charge on any atom is -0.497 e. The van der Waals surface area contributed by atoms with Crippen molar-refractivity contribution in [2.75, 3.05) is 40.5 Å². The van der Waals surface area contributed by atoms with Crippen LogP contribution in [-0.2, 0) is 24.5 Å². The molecule has 0 aromatic heterocycles. The first-order valence-electron chi connectivity index (χ1n) is 9.79. The number of benzene rings is 1. The summed E-state index contributed by atoms with van der Waals surface area (Å²) in [5.74, 6) is -0.0613. The number of ether oxygens (including phenoxy) is 3. The van der Waals surface area contributed by atoms with E-state index in [1.54, 1.807) is 24.1 Å². The monoisotopic (exact) mass is 425 g/mol. The molecule has 1 N–H and O–H groups in total. The van der Waals surface area contributed by atoms with Gasteiger partial charge in [0.05, 0.1) is 20.3 Å². The molecule has 3 fully saturated rings. The summed E-state index contributed by atoms with van der Waals surface area (Å²) in [6, 6.07) is 5.97. The first-order valence-corrected chi connectivity index (χ1v) is 11.2. The summed E-state index contributed by atoms with van der Waals surface area (Å²) in [6.07, 6.45) is 1.56. The third-order valence-electron chi connectivity index (χ3n) is 6.02. The number of piperidine rings is 1. The van der Waals surface area contributed by atoms with Gasteiger partial charge in [-0.2, -0.15) is 17.4 Å². The number of carbonyl (C=O) groups is 1. The van der Waals surface area contributed by atoms with Gasteiger partial charge in [-0.3, -0.25) is 4.79 Å². The molecular formula is C19H27N3O6S. The largest absolute Gasteiger partial charge is 0.497 e. The van der Waals surface area contributed by atoms with E-state index in [1.165, 1.54) is 7.05 Å². The lowest BCUT2D eigenvalue weighted by molar-refractivity contribution is -0.188. The fraction of sp³-hybridized carbons (Fsp3) is 0.632. The van der Waals surface area contributed by atoms with Gasteiger partial charge in [-0.15, -0.1) is 0 Å². The van der Waals surface area contributed by atoms with Crippen molar-refractivity contribution in [2.24, 2.45) is 0 Å². The third kappa shape index (κ3) is 3.99. The topological polar surface area (TPSA) is 97.4 Å². The Morgan fingerprint density at radius 3 is 2.38 bits per heavy atom. The van der Waals surface area contributed by atoms with Crippen LogP contribution in [0, 0.1) is 0 Å². The second kappa shape index (κ2) is 7.84. The summed E-state index contributed by atoms with van der Waals surface area (Å²) in [5, 5.41) is 0. The van der Waals surface area contributed by atoms with Crippen molar-refractivity contribution >= 4 is 16.1 Å². The molecule has 2 unspecified atom stereocenters. The maximum Gasteiger partial charge on any atom is 0.280 e. The molecule has 9 nitrogen and oxygen atoms in total. The van der Waals surface area contributed by atoms with Gasteiger partial charge in [-0.05, 0) is 24.1 Å². The predicted molar refractivity (Wildman–Crippen MR) is 104 cm³/mol. The van der Waals surface area contributed by atoms with Crippen molar-refractivity contribution in [2.45, 2.75) is 37.1 Å². The van der Waals surface area contributed by atoms with Gasteiger partial charge >= 0.3 is 0 Å². The smallest absolute Gasteiger partial charge is 0.280 e. The SMILES string of the molecule is COc1ccc(C2CC(C(=O)N3CCC4(CC3)OCCO4)N(C)S(=O)(=O)N2)cc1. The predicted octanol–water partition coefficient (Wildman–Crippen LogP) is 0.640. The van der Waals surface area contributed by atoms with Crippen LogP contribution in [0.4, 0.5) is 0 Å². The lowest BCUT2D eigenvalue weighted by Crippen LogP contribution is -2.59. The zero-order valence-corrected chi connectivity index (χ0v) is 17.5. The average molecular weight is 426 g/mol. The molecule has 4 rings (SSSR count). The van der Waals surface area contributed by atoms with Crippen molar-refractivity contribution in [1.29, 1.82) is 0 Å². The Hall–Kier alpha value is -1.72. The van der Waals surface area contributed by atoms with Crippen LogP contribution in [-0.4, -0.2) is 75.8 Å². The van der Waals surface area contributed by atoms with E-state index in [1.807, 2.05) is 12.1 Å². The minimum absolute atomic E-state index is 0.177. The van der Waals surface area contributed by atoms with Crippen LogP contribution in [0.2, 0.25) is 0 Å².